The monoisotopic (exact) mass is 1350 g/mol. The van der Waals surface area contributed by atoms with E-state index in [1.165, 1.54) is 0 Å². The third kappa shape index (κ3) is 89.1. The van der Waals surface area contributed by atoms with Crippen LogP contribution in [0, 0.1) is 0 Å². The predicted molar refractivity (Wildman–Crippen MR) is 335 cm³/mol. The third-order valence-corrected chi connectivity index (χ3v) is 11.1. The molecule has 0 aromatic carbocycles. The van der Waals surface area contributed by atoms with Crippen molar-refractivity contribution in [1.29, 1.82) is 0 Å². The molecule has 0 atom stereocenters. The van der Waals surface area contributed by atoms with E-state index in [2.05, 4.69) is 12.6 Å². The van der Waals surface area contributed by atoms with Gasteiger partial charge >= 0.3 is 0 Å². The van der Waals surface area contributed by atoms with Crippen LogP contribution in [0.2, 0.25) is 0 Å². The lowest BCUT2D eigenvalue weighted by Gasteiger charge is -2.09. The highest BCUT2D eigenvalue weighted by molar-refractivity contribution is 7.80. The Labute approximate surface area is 549 Å². The zero-order valence-corrected chi connectivity index (χ0v) is 56.1. The highest BCUT2D eigenvalue weighted by Crippen LogP contribution is 1.93. The molecule has 31 heteroatoms. The molecule has 0 saturated carbocycles. The van der Waals surface area contributed by atoms with Crippen LogP contribution in [0.1, 0.15) is 0 Å². The Morgan fingerprint density at radius 2 is 0.176 bits per heavy atom. The van der Waals surface area contributed by atoms with Crippen LogP contribution in [-0.4, -0.2) is 401 Å². The zero-order chi connectivity index (χ0) is 64.9. The van der Waals surface area contributed by atoms with E-state index in [0.29, 0.717) is 389 Å². The Morgan fingerprint density at radius 3 is 0.242 bits per heavy atom. The molecule has 91 heavy (non-hydrogen) atoms. The fourth-order valence-electron chi connectivity index (χ4n) is 6.39. The Balaban J connectivity index is 3.09. The van der Waals surface area contributed by atoms with Gasteiger partial charge in [-0.25, -0.2) is 0 Å². The molecule has 0 heterocycles. The molecule has 548 valence electrons. The number of thiol groups is 1. The average molecular weight is 1360 g/mol. The minimum absolute atomic E-state index is 0.0168. The smallest absolute Gasteiger partial charge is 0.0701 e. The first-order valence-corrected chi connectivity index (χ1v) is 33.0. The summed E-state index contributed by atoms with van der Waals surface area (Å²) in [6.07, 6.45) is 0. The van der Waals surface area contributed by atoms with Gasteiger partial charge in [-0.1, -0.05) is 0 Å². The zero-order valence-electron chi connectivity index (χ0n) is 55.2. The van der Waals surface area contributed by atoms with Gasteiger partial charge in [-0.05, 0) is 0 Å². The molecule has 0 aliphatic rings. The highest BCUT2D eigenvalue weighted by atomic mass is 32.1. The Hall–Kier alpha value is -0.850. The summed E-state index contributed by atoms with van der Waals surface area (Å²) >= 11 is 4.08. The van der Waals surface area contributed by atoms with Crippen LogP contribution in [-0.2, 0) is 137 Å². The molecule has 0 saturated heterocycles. The van der Waals surface area contributed by atoms with E-state index in [0.717, 1.165) is 0 Å². The molecule has 0 bridgehead atoms. The molecule has 0 aromatic rings. The van der Waals surface area contributed by atoms with Gasteiger partial charge < -0.3 is 142 Å². The second-order valence-corrected chi connectivity index (χ2v) is 18.7. The van der Waals surface area contributed by atoms with Crippen molar-refractivity contribution in [1.82, 2.24) is 0 Å². The Morgan fingerprint density at radius 1 is 0.110 bits per heavy atom. The summed E-state index contributed by atoms with van der Waals surface area (Å²) in [7, 11) is 0. The maximum atomic E-state index is 8.62. The molecule has 0 aromatic heterocycles. The number of rotatable bonds is 88. The maximum absolute atomic E-state index is 8.62. The van der Waals surface area contributed by atoms with Crippen molar-refractivity contribution in [2.24, 2.45) is 0 Å². The van der Waals surface area contributed by atoms with Crippen molar-refractivity contribution >= 4 is 12.6 Å². The lowest BCUT2D eigenvalue weighted by molar-refractivity contribution is -0.0324. The molecular weight excluding hydrogens is 1230 g/mol. The molecule has 0 amide bonds. The fraction of sp³-hybridized carbons (Fsp3) is 1.00. The average Bonchev–Trinajstić information content (AvgIpc) is 3.56. The maximum Gasteiger partial charge on any atom is 0.0701 e. The van der Waals surface area contributed by atoms with Crippen LogP contribution in [0.3, 0.4) is 0 Å². The van der Waals surface area contributed by atoms with Crippen LogP contribution >= 0.6 is 12.6 Å². The molecule has 0 rings (SSSR count). The second-order valence-electron chi connectivity index (χ2n) is 18.2. The van der Waals surface area contributed by atoms with Gasteiger partial charge in [0.05, 0.1) is 390 Å². The van der Waals surface area contributed by atoms with Crippen molar-refractivity contribution in [3.05, 3.63) is 0 Å². The fourth-order valence-corrected chi connectivity index (χ4v) is 6.52. The van der Waals surface area contributed by atoms with Crippen molar-refractivity contribution in [3.8, 4) is 0 Å². The summed E-state index contributed by atoms with van der Waals surface area (Å²) in [4.78, 5) is 0. The topological polar surface area (TPSA) is 288 Å². The molecule has 0 radical (unpaired) electrons. The first-order valence-electron chi connectivity index (χ1n) is 32.4. The molecule has 1 N–H and O–H groups in total. The number of ether oxygens (including phenoxy) is 29. The minimum atomic E-state index is 0.0168. The lowest BCUT2D eigenvalue weighted by Crippen LogP contribution is -2.16. The van der Waals surface area contributed by atoms with Gasteiger partial charge in [-0.2, -0.15) is 12.6 Å². The van der Waals surface area contributed by atoms with Gasteiger partial charge in [-0.15, -0.1) is 0 Å². The summed E-state index contributed by atoms with van der Waals surface area (Å²) < 4.78 is 159. The SMILES string of the molecule is OCCOCCOCCOCCOCCOCCOCCOCCOCCOCCOCCOCCOCCOCCOCCOCCOCCOCCOCCOCCOCCOCCOCCOCCOCCOCCOCCOCCOCCOCCS. The van der Waals surface area contributed by atoms with Gasteiger partial charge in [0.2, 0.25) is 0 Å². The minimum Gasteiger partial charge on any atom is -0.394 e. The summed E-state index contributed by atoms with van der Waals surface area (Å²) in [5.41, 5.74) is 0. The molecule has 0 aliphatic carbocycles. The van der Waals surface area contributed by atoms with Gasteiger partial charge in [-0.3, -0.25) is 0 Å². The van der Waals surface area contributed by atoms with Crippen LogP contribution < -0.4 is 0 Å². The van der Waals surface area contributed by atoms with Gasteiger partial charge in [0.1, 0.15) is 0 Å². The predicted octanol–water partition coefficient (Wildman–Crippen LogP) is 0.390. The molecule has 30 nitrogen and oxygen atoms in total. The number of aliphatic hydroxyl groups is 1. The second kappa shape index (κ2) is 89.2. The van der Waals surface area contributed by atoms with Crippen molar-refractivity contribution in [2.45, 2.75) is 0 Å². The van der Waals surface area contributed by atoms with Gasteiger partial charge in [0.15, 0.2) is 0 Å². The molecule has 0 aliphatic heterocycles. The van der Waals surface area contributed by atoms with E-state index in [4.69, 9.17) is 142 Å². The largest absolute Gasteiger partial charge is 0.394 e. The molecule has 0 fully saturated rings. The lowest BCUT2D eigenvalue weighted by atomic mass is 10.6. The molecule has 0 spiro atoms. The van der Waals surface area contributed by atoms with Crippen LogP contribution in [0.5, 0.6) is 0 Å². The summed E-state index contributed by atoms with van der Waals surface area (Å²) in [5, 5.41) is 8.62. The number of aliphatic hydroxyl groups excluding tert-OH is 1. The summed E-state index contributed by atoms with van der Waals surface area (Å²) in [5.74, 6) is 0.711. The quantitative estimate of drug-likeness (QED) is 0.0615. The van der Waals surface area contributed by atoms with E-state index in [-0.39, 0.29) is 6.61 Å². The van der Waals surface area contributed by atoms with Crippen molar-refractivity contribution < 1.29 is 142 Å². The van der Waals surface area contributed by atoms with Crippen molar-refractivity contribution in [2.75, 3.05) is 396 Å². The Bertz CT molecular complexity index is 1160. The van der Waals surface area contributed by atoms with Crippen LogP contribution in [0.25, 0.3) is 0 Å². The van der Waals surface area contributed by atoms with Crippen molar-refractivity contribution in [3.63, 3.8) is 0 Å². The normalized spacial score (nSPS) is 11.8. The van der Waals surface area contributed by atoms with Crippen LogP contribution in [0.15, 0.2) is 0 Å². The van der Waals surface area contributed by atoms with E-state index < -0.39 is 0 Å². The van der Waals surface area contributed by atoms with E-state index >= 15 is 0 Å². The summed E-state index contributed by atoms with van der Waals surface area (Å²) in [6.45, 7) is 28.5. The third-order valence-electron chi connectivity index (χ3n) is 10.9. The molecule has 0 unspecified atom stereocenters. The molecular formula is C60H122O30S. The van der Waals surface area contributed by atoms with E-state index in [9.17, 15) is 0 Å². The first kappa shape index (κ1) is 90.2. The number of hydrogen-bond acceptors (Lipinski definition) is 31. The number of hydrogen-bond donors (Lipinski definition) is 2. The standard InChI is InChI=1S/C60H122O30S/c61-1-2-62-3-4-63-5-6-64-7-8-65-9-10-66-11-12-67-13-14-68-15-16-69-17-18-70-19-20-71-21-22-72-23-24-73-25-26-74-27-28-75-29-30-76-31-32-77-33-34-78-35-36-79-37-38-80-39-40-81-41-42-82-43-44-83-45-46-84-47-48-85-49-50-86-51-52-87-53-54-88-55-56-89-57-58-90-59-60-91/h61,91H,1-60H2. The first-order chi connectivity index (χ1) is 45.4. The van der Waals surface area contributed by atoms with Gasteiger partial charge in [0.25, 0.3) is 0 Å². The van der Waals surface area contributed by atoms with E-state index in [1.807, 2.05) is 0 Å². The summed E-state index contributed by atoms with van der Waals surface area (Å²) in [6, 6.07) is 0. The Kier molecular flexibility index (Phi) is 88.3. The highest BCUT2D eigenvalue weighted by Gasteiger charge is 2.02. The van der Waals surface area contributed by atoms with E-state index in [1.54, 1.807) is 0 Å². The van der Waals surface area contributed by atoms with Gasteiger partial charge in [0, 0.05) is 5.75 Å². The van der Waals surface area contributed by atoms with Crippen LogP contribution in [0.4, 0.5) is 0 Å².